The molecule has 0 N–H and O–H groups in total. The maximum atomic E-state index is 4.53. The fraction of sp³-hybridized carbons (Fsp3) is 0.471. The zero-order chi connectivity index (χ0) is 17.7. The first kappa shape index (κ1) is 15.7. The van der Waals surface area contributed by atoms with Gasteiger partial charge in [0.2, 0.25) is 5.13 Å². The van der Waals surface area contributed by atoms with Gasteiger partial charge in [0.25, 0.3) is 0 Å². The van der Waals surface area contributed by atoms with Crippen LogP contribution in [0.15, 0.2) is 24.0 Å². The molecular formula is C17H20N8S. The van der Waals surface area contributed by atoms with Gasteiger partial charge in [-0.2, -0.15) is 5.10 Å². The van der Waals surface area contributed by atoms with E-state index in [0.717, 1.165) is 54.3 Å². The zero-order valence-electron chi connectivity index (χ0n) is 14.8. The molecule has 2 atom stereocenters. The molecular weight excluding hydrogens is 348 g/mol. The normalized spacial score (nSPS) is 22.2. The molecule has 2 unspecified atom stereocenters. The van der Waals surface area contributed by atoms with Gasteiger partial charge >= 0.3 is 0 Å². The Labute approximate surface area is 155 Å². The molecule has 9 heteroatoms. The molecule has 0 radical (unpaired) electrons. The monoisotopic (exact) mass is 368 g/mol. The van der Waals surface area contributed by atoms with E-state index in [-0.39, 0.29) is 0 Å². The number of nitrogens with zero attached hydrogens (tertiary/aromatic N) is 8. The van der Waals surface area contributed by atoms with Gasteiger partial charge in [0.1, 0.15) is 17.7 Å². The van der Waals surface area contributed by atoms with Gasteiger partial charge in [0, 0.05) is 49.8 Å². The zero-order valence-corrected chi connectivity index (χ0v) is 15.6. The Morgan fingerprint density at radius 1 is 0.962 bits per heavy atom. The summed E-state index contributed by atoms with van der Waals surface area (Å²) in [5.74, 6) is 3.10. The molecule has 5 heterocycles. The van der Waals surface area contributed by atoms with Crippen LogP contribution in [0.3, 0.4) is 0 Å². The lowest BCUT2D eigenvalue weighted by Gasteiger charge is -2.22. The van der Waals surface area contributed by atoms with Crippen molar-refractivity contribution in [3.8, 4) is 5.82 Å². The summed E-state index contributed by atoms with van der Waals surface area (Å²) in [4.78, 5) is 13.7. The van der Waals surface area contributed by atoms with Crippen molar-refractivity contribution in [2.24, 2.45) is 11.8 Å². The molecule has 2 aliphatic heterocycles. The van der Waals surface area contributed by atoms with Gasteiger partial charge in [-0.05, 0) is 19.9 Å². The van der Waals surface area contributed by atoms with Crippen LogP contribution in [0.5, 0.6) is 0 Å². The van der Waals surface area contributed by atoms with Crippen molar-refractivity contribution in [2.45, 2.75) is 13.8 Å². The Balaban J connectivity index is 1.33. The fourth-order valence-electron chi connectivity index (χ4n) is 4.13. The lowest BCUT2D eigenvalue weighted by atomic mass is 10.0. The highest BCUT2D eigenvalue weighted by Crippen LogP contribution is 2.36. The van der Waals surface area contributed by atoms with Gasteiger partial charge in [0.15, 0.2) is 5.82 Å². The first-order valence-corrected chi connectivity index (χ1v) is 9.67. The second-order valence-corrected chi connectivity index (χ2v) is 7.94. The van der Waals surface area contributed by atoms with Crippen molar-refractivity contribution < 1.29 is 0 Å². The van der Waals surface area contributed by atoms with Crippen molar-refractivity contribution >= 4 is 22.3 Å². The second-order valence-electron chi connectivity index (χ2n) is 7.12. The van der Waals surface area contributed by atoms with Gasteiger partial charge in [0.05, 0.1) is 5.69 Å². The van der Waals surface area contributed by atoms with Crippen molar-refractivity contribution in [1.82, 2.24) is 29.9 Å². The van der Waals surface area contributed by atoms with Crippen LogP contribution < -0.4 is 9.80 Å². The number of hydrogen-bond donors (Lipinski definition) is 0. The SMILES string of the molecule is Cc1cc(C)n(-c2cc(N3CC4CN(c5nncs5)CC4C3)ncn2)n1. The van der Waals surface area contributed by atoms with Gasteiger partial charge in [-0.15, -0.1) is 10.2 Å². The van der Waals surface area contributed by atoms with Crippen LogP contribution in [0.4, 0.5) is 10.9 Å². The largest absolute Gasteiger partial charge is 0.356 e. The molecule has 134 valence electrons. The number of aromatic nitrogens is 6. The smallest absolute Gasteiger partial charge is 0.208 e. The summed E-state index contributed by atoms with van der Waals surface area (Å²) in [7, 11) is 0. The molecule has 3 aromatic heterocycles. The summed E-state index contributed by atoms with van der Waals surface area (Å²) in [6, 6.07) is 4.10. The molecule has 8 nitrogen and oxygen atoms in total. The highest BCUT2D eigenvalue weighted by Gasteiger charge is 2.41. The predicted molar refractivity (Wildman–Crippen MR) is 99.9 cm³/mol. The third kappa shape index (κ3) is 2.63. The molecule has 0 spiro atoms. The third-order valence-corrected chi connectivity index (χ3v) is 6.04. The summed E-state index contributed by atoms with van der Waals surface area (Å²) in [5.41, 5.74) is 3.88. The first-order chi connectivity index (χ1) is 12.7. The molecule has 0 bridgehead atoms. The molecule has 2 saturated heterocycles. The quantitative estimate of drug-likeness (QED) is 0.696. The van der Waals surface area contributed by atoms with Crippen molar-refractivity contribution in [2.75, 3.05) is 36.0 Å². The lowest BCUT2D eigenvalue weighted by Crippen LogP contribution is -2.29. The van der Waals surface area contributed by atoms with Gasteiger partial charge in [-0.3, -0.25) is 0 Å². The van der Waals surface area contributed by atoms with Crippen LogP contribution in [-0.4, -0.2) is 56.1 Å². The molecule has 0 amide bonds. The minimum atomic E-state index is 0.644. The van der Waals surface area contributed by atoms with E-state index in [9.17, 15) is 0 Å². The summed E-state index contributed by atoms with van der Waals surface area (Å²) >= 11 is 1.62. The van der Waals surface area contributed by atoms with Gasteiger partial charge in [-0.25, -0.2) is 14.6 Å². The highest BCUT2D eigenvalue weighted by atomic mass is 32.1. The van der Waals surface area contributed by atoms with E-state index in [2.05, 4.69) is 41.1 Å². The maximum absolute atomic E-state index is 4.53. The van der Waals surface area contributed by atoms with Crippen molar-refractivity contribution in [1.29, 1.82) is 0 Å². The molecule has 5 rings (SSSR count). The Morgan fingerprint density at radius 3 is 2.35 bits per heavy atom. The Bertz CT molecular complexity index is 907. The fourth-order valence-corrected chi connectivity index (χ4v) is 4.71. The standard InChI is InChI=1S/C17H20N8S/c1-11-3-12(2)25(22-11)16-4-15(18-9-19-16)23-5-13-7-24(8-14(13)6-23)17-21-20-10-26-17/h3-4,9-10,13-14H,5-8H2,1-2H3. The summed E-state index contributed by atoms with van der Waals surface area (Å²) < 4.78 is 1.88. The van der Waals surface area contributed by atoms with Crippen LogP contribution in [0.25, 0.3) is 5.82 Å². The third-order valence-electron chi connectivity index (χ3n) is 5.29. The molecule has 2 aliphatic rings. The lowest BCUT2D eigenvalue weighted by molar-refractivity contribution is 0.533. The van der Waals surface area contributed by atoms with Crippen LogP contribution >= 0.6 is 11.3 Å². The van der Waals surface area contributed by atoms with Crippen LogP contribution in [0.2, 0.25) is 0 Å². The summed E-state index contributed by atoms with van der Waals surface area (Å²) in [5, 5.41) is 13.7. The Morgan fingerprint density at radius 2 is 1.69 bits per heavy atom. The molecule has 3 aromatic rings. The predicted octanol–water partition coefficient (Wildman–Crippen LogP) is 1.70. The van der Waals surface area contributed by atoms with E-state index in [1.165, 1.54) is 0 Å². The second kappa shape index (κ2) is 6.01. The number of fused-ring (bicyclic) bond motifs is 1. The molecule has 2 fully saturated rings. The minimum Gasteiger partial charge on any atom is -0.356 e. The topological polar surface area (TPSA) is 75.9 Å². The van der Waals surface area contributed by atoms with Crippen LogP contribution in [0.1, 0.15) is 11.4 Å². The molecule has 26 heavy (non-hydrogen) atoms. The average Bonchev–Trinajstić information content (AvgIpc) is 3.37. The van der Waals surface area contributed by atoms with E-state index in [1.807, 2.05) is 24.6 Å². The Hall–Kier alpha value is -2.55. The van der Waals surface area contributed by atoms with Gasteiger partial charge in [-0.1, -0.05) is 11.3 Å². The van der Waals surface area contributed by atoms with Crippen LogP contribution in [0, 0.1) is 25.7 Å². The Kier molecular flexibility index (Phi) is 3.63. The van der Waals surface area contributed by atoms with E-state index in [0.29, 0.717) is 11.8 Å². The molecule has 0 saturated carbocycles. The van der Waals surface area contributed by atoms with Crippen molar-refractivity contribution in [3.63, 3.8) is 0 Å². The number of hydrogen-bond acceptors (Lipinski definition) is 8. The highest BCUT2D eigenvalue weighted by molar-refractivity contribution is 7.13. The summed E-state index contributed by atoms with van der Waals surface area (Å²) in [6.07, 6.45) is 1.64. The first-order valence-electron chi connectivity index (χ1n) is 8.79. The van der Waals surface area contributed by atoms with E-state index in [4.69, 9.17) is 0 Å². The maximum Gasteiger partial charge on any atom is 0.208 e. The van der Waals surface area contributed by atoms with E-state index in [1.54, 1.807) is 23.2 Å². The molecule has 0 aromatic carbocycles. The average molecular weight is 368 g/mol. The number of aryl methyl sites for hydroxylation is 2. The van der Waals surface area contributed by atoms with E-state index < -0.39 is 0 Å². The number of rotatable bonds is 3. The van der Waals surface area contributed by atoms with Crippen LogP contribution in [-0.2, 0) is 0 Å². The van der Waals surface area contributed by atoms with Gasteiger partial charge < -0.3 is 9.80 Å². The molecule has 0 aliphatic carbocycles. The number of anilines is 2. The minimum absolute atomic E-state index is 0.644. The van der Waals surface area contributed by atoms with E-state index >= 15 is 0 Å². The van der Waals surface area contributed by atoms with Crippen molar-refractivity contribution in [3.05, 3.63) is 35.4 Å². The summed E-state index contributed by atoms with van der Waals surface area (Å²) in [6.45, 7) is 8.18.